The number of guanidine groups is 1. The Bertz CT molecular complexity index is 795. The molecule has 0 aliphatic carbocycles. The lowest BCUT2D eigenvalue weighted by Gasteiger charge is -2.13. The Hall–Kier alpha value is -3.15. The van der Waals surface area contributed by atoms with Gasteiger partial charge in [-0.2, -0.15) is 0 Å². The number of imidazole rings is 1. The largest absolute Gasteiger partial charge is 0.351 e. The Morgan fingerprint density at radius 3 is 2.52 bits per heavy atom. The molecule has 0 saturated heterocycles. The fourth-order valence-electron chi connectivity index (χ4n) is 2.49. The van der Waals surface area contributed by atoms with Crippen LogP contribution < -0.4 is 10.6 Å². The Kier molecular flexibility index (Phi) is 5.77. The number of benzene rings is 1. The van der Waals surface area contributed by atoms with E-state index in [-0.39, 0.29) is 0 Å². The van der Waals surface area contributed by atoms with Gasteiger partial charge in [0.1, 0.15) is 5.82 Å². The van der Waals surface area contributed by atoms with E-state index in [1.54, 1.807) is 13.2 Å². The lowest BCUT2D eigenvalue weighted by molar-refractivity contribution is 0.686. The average Bonchev–Trinajstić information content (AvgIpc) is 3.10. The Labute approximate surface area is 147 Å². The summed E-state index contributed by atoms with van der Waals surface area (Å²) in [5, 5.41) is 6.55. The molecular formula is C19H22N6. The molecular weight excluding hydrogens is 312 g/mol. The summed E-state index contributed by atoms with van der Waals surface area (Å²) in [4.78, 5) is 13.0. The van der Waals surface area contributed by atoms with Gasteiger partial charge >= 0.3 is 0 Å². The van der Waals surface area contributed by atoms with Crippen LogP contribution in [0.2, 0.25) is 0 Å². The molecule has 3 rings (SSSR count). The highest BCUT2D eigenvalue weighted by Crippen LogP contribution is 2.05. The first-order valence-corrected chi connectivity index (χ1v) is 8.23. The van der Waals surface area contributed by atoms with Crippen molar-refractivity contribution in [1.82, 2.24) is 25.2 Å². The van der Waals surface area contributed by atoms with Crippen molar-refractivity contribution in [3.05, 3.63) is 84.2 Å². The second-order valence-corrected chi connectivity index (χ2v) is 5.56. The molecule has 6 heteroatoms. The maximum Gasteiger partial charge on any atom is 0.191 e. The van der Waals surface area contributed by atoms with Crippen molar-refractivity contribution in [3.63, 3.8) is 0 Å². The number of aromatic nitrogens is 3. The summed E-state index contributed by atoms with van der Waals surface area (Å²) in [6, 6.07) is 16.2. The molecule has 2 heterocycles. The summed E-state index contributed by atoms with van der Waals surface area (Å²) in [6.45, 7) is 2.03. The van der Waals surface area contributed by atoms with E-state index in [9.17, 15) is 0 Å². The minimum atomic E-state index is 0.599. The van der Waals surface area contributed by atoms with Crippen LogP contribution in [0.3, 0.4) is 0 Å². The molecule has 0 spiro atoms. The zero-order chi connectivity index (χ0) is 17.3. The van der Waals surface area contributed by atoms with E-state index < -0.39 is 0 Å². The molecule has 25 heavy (non-hydrogen) atoms. The second kappa shape index (κ2) is 8.63. The third kappa shape index (κ3) is 4.91. The molecule has 0 bridgehead atoms. The number of aliphatic imine (C=N–C) groups is 1. The summed E-state index contributed by atoms with van der Waals surface area (Å²) in [6.07, 6.45) is 5.60. The van der Waals surface area contributed by atoms with E-state index in [4.69, 9.17) is 0 Å². The van der Waals surface area contributed by atoms with Crippen molar-refractivity contribution in [2.75, 3.05) is 7.05 Å². The van der Waals surface area contributed by atoms with Gasteiger partial charge in [0.15, 0.2) is 5.96 Å². The number of hydrogen-bond donors (Lipinski definition) is 2. The highest BCUT2D eigenvalue weighted by molar-refractivity contribution is 5.79. The zero-order valence-corrected chi connectivity index (χ0v) is 14.3. The smallest absolute Gasteiger partial charge is 0.191 e. The van der Waals surface area contributed by atoms with Crippen LogP contribution in [0.15, 0.2) is 72.1 Å². The topological polar surface area (TPSA) is 67.1 Å². The van der Waals surface area contributed by atoms with Crippen LogP contribution in [-0.4, -0.2) is 27.5 Å². The van der Waals surface area contributed by atoms with Gasteiger partial charge in [0, 0.05) is 32.2 Å². The molecule has 0 atom stereocenters. The van der Waals surface area contributed by atoms with E-state index in [2.05, 4.69) is 42.3 Å². The normalized spacial score (nSPS) is 11.3. The lowest BCUT2D eigenvalue weighted by Crippen LogP contribution is -2.37. The summed E-state index contributed by atoms with van der Waals surface area (Å²) in [7, 11) is 1.75. The number of nitrogens with one attached hydrogen (secondary N) is 2. The van der Waals surface area contributed by atoms with Crippen LogP contribution in [0.25, 0.3) is 0 Å². The van der Waals surface area contributed by atoms with Gasteiger partial charge in [-0.1, -0.05) is 36.4 Å². The summed E-state index contributed by atoms with van der Waals surface area (Å²) in [5.74, 6) is 1.68. The molecule has 0 unspecified atom stereocenters. The predicted molar refractivity (Wildman–Crippen MR) is 99.0 cm³/mol. The third-order valence-electron chi connectivity index (χ3n) is 3.80. The van der Waals surface area contributed by atoms with Gasteiger partial charge in [-0.05, 0) is 17.7 Å². The minimum absolute atomic E-state index is 0.599. The number of pyridine rings is 1. The van der Waals surface area contributed by atoms with Crippen LogP contribution >= 0.6 is 0 Å². The first-order valence-electron chi connectivity index (χ1n) is 8.23. The second-order valence-electron chi connectivity index (χ2n) is 5.56. The van der Waals surface area contributed by atoms with Crippen LogP contribution in [0, 0.1) is 0 Å². The van der Waals surface area contributed by atoms with Gasteiger partial charge < -0.3 is 15.2 Å². The molecule has 1 aromatic carbocycles. The Morgan fingerprint density at radius 2 is 1.76 bits per heavy atom. The molecule has 0 aliphatic rings. The first kappa shape index (κ1) is 16.7. The monoisotopic (exact) mass is 334 g/mol. The summed E-state index contributed by atoms with van der Waals surface area (Å²) >= 11 is 0. The zero-order valence-electron chi connectivity index (χ0n) is 14.3. The van der Waals surface area contributed by atoms with Gasteiger partial charge in [0.05, 0.1) is 18.8 Å². The molecule has 2 aromatic heterocycles. The van der Waals surface area contributed by atoms with Crippen molar-refractivity contribution in [2.24, 2.45) is 4.99 Å². The SMILES string of the molecule is CN=C(NCc1ccccn1)NCc1nccn1Cc1ccccc1. The van der Waals surface area contributed by atoms with E-state index in [0.29, 0.717) is 13.1 Å². The molecule has 0 saturated carbocycles. The van der Waals surface area contributed by atoms with Crippen LogP contribution in [0.4, 0.5) is 0 Å². The van der Waals surface area contributed by atoms with Gasteiger partial charge in [0.2, 0.25) is 0 Å². The standard InChI is InChI=1S/C19H22N6/c1-20-19(23-13-17-9-5-6-10-21-17)24-14-18-22-11-12-25(18)15-16-7-3-2-4-8-16/h2-12H,13-15H2,1H3,(H2,20,23,24). The van der Waals surface area contributed by atoms with Gasteiger partial charge in [-0.3, -0.25) is 9.98 Å². The molecule has 3 aromatic rings. The molecule has 0 radical (unpaired) electrons. The Balaban J connectivity index is 1.55. The first-order chi connectivity index (χ1) is 12.3. The van der Waals surface area contributed by atoms with Gasteiger partial charge in [-0.15, -0.1) is 0 Å². The highest BCUT2D eigenvalue weighted by atomic mass is 15.2. The molecule has 0 fully saturated rings. The average molecular weight is 334 g/mol. The van der Waals surface area contributed by atoms with Crippen molar-refractivity contribution in [3.8, 4) is 0 Å². The van der Waals surface area contributed by atoms with Gasteiger partial charge in [0.25, 0.3) is 0 Å². The summed E-state index contributed by atoms with van der Waals surface area (Å²) in [5.41, 5.74) is 2.22. The van der Waals surface area contributed by atoms with E-state index in [0.717, 1.165) is 24.0 Å². The van der Waals surface area contributed by atoms with E-state index >= 15 is 0 Å². The van der Waals surface area contributed by atoms with E-state index in [1.165, 1.54) is 5.56 Å². The van der Waals surface area contributed by atoms with Crippen molar-refractivity contribution in [1.29, 1.82) is 0 Å². The highest BCUT2D eigenvalue weighted by Gasteiger charge is 2.05. The quantitative estimate of drug-likeness (QED) is 0.536. The van der Waals surface area contributed by atoms with Crippen LogP contribution in [-0.2, 0) is 19.6 Å². The molecule has 0 aliphatic heterocycles. The van der Waals surface area contributed by atoms with Crippen LogP contribution in [0.5, 0.6) is 0 Å². The lowest BCUT2D eigenvalue weighted by atomic mass is 10.2. The van der Waals surface area contributed by atoms with Crippen molar-refractivity contribution in [2.45, 2.75) is 19.6 Å². The molecule has 0 amide bonds. The van der Waals surface area contributed by atoms with Crippen LogP contribution in [0.1, 0.15) is 17.1 Å². The number of nitrogens with zero attached hydrogens (tertiary/aromatic N) is 4. The molecule has 2 N–H and O–H groups in total. The van der Waals surface area contributed by atoms with Gasteiger partial charge in [-0.25, -0.2) is 4.98 Å². The minimum Gasteiger partial charge on any atom is -0.351 e. The fourth-order valence-corrected chi connectivity index (χ4v) is 2.49. The molecule has 6 nitrogen and oxygen atoms in total. The Morgan fingerprint density at radius 1 is 0.960 bits per heavy atom. The number of hydrogen-bond acceptors (Lipinski definition) is 3. The van der Waals surface area contributed by atoms with Crippen molar-refractivity contribution < 1.29 is 0 Å². The predicted octanol–water partition coefficient (Wildman–Crippen LogP) is 2.19. The maximum atomic E-state index is 4.44. The third-order valence-corrected chi connectivity index (χ3v) is 3.80. The van der Waals surface area contributed by atoms with Crippen molar-refractivity contribution >= 4 is 5.96 Å². The summed E-state index contributed by atoms with van der Waals surface area (Å²) < 4.78 is 2.13. The molecule has 128 valence electrons. The van der Waals surface area contributed by atoms with E-state index in [1.807, 2.05) is 48.8 Å². The fraction of sp³-hybridized carbons (Fsp3) is 0.211. The maximum absolute atomic E-state index is 4.44. The number of rotatable bonds is 6.